The fraction of sp³-hybridized carbons (Fsp3) is 0.333. The molecule has 1 aliphatic rings. The zero-order chi connectivity index (χ0) is 13.3. The van der Waals surface area contributed by atoms with E-state index in [0.29, 0.717) is 28.1 Å². The maximum atomic E-state index is 12.3. The fourth-order valence-corrected chi connectivity index (χ4v) is 2.62. The highest BCUT2D eigenvalue weighted by atomic mass is 79.9. The van der Waals surface area contributed by atoms with Crippen LogP contribution < -0.4 is 0 Å². The third-order valence-corrected chi connectivity index (χ3v) is 3.80. The van der Waals surface area contributed by atoms with Crippen molar-refractivity contribution in [2.75, 3.05) is 26.7 Å². The van der Waals surface area contributed by atoms with Gasteiger partial charge in [0.05, 0.1) is 5.56 Å². The number of carbonyl (C=O) groups is 2. The first-order chi connectivity index (χ1) is 8.49. The average molecular weight is 332 g/mol. The Morgan fingerprint density at radius 3 is 2.72 bits per heavy atom. The molecule has 0 aliphatic carbocycles. The second-order valence-electron chi connectivity index (χ2n) is 4.17. The fourth-order valence-electron chi connectivity index (χ4n) is 1.77. The van der Waals surface area contributed by atoms with Crippen molar-refractivity contribution in [3.63, 3.8) is 0 Å². The molecule has 0 unspecified atom stereocenters. The summed E-state index contributed by atoms with van der Waals surface area (Å²) in [7, 11) is 1.74. The van der Waals surface area contributed by atoms with Crippen molar-refractivity contribution in [2.45, 2.75) is 0 Å². The van der Waals surface area contributed by atoms with E-state index >= 15 is 0 Å². The summed E-state index contributed by atoms with van der Waals surface area (Å²) in [5, 5.41) is 0.563. The van der Waals surface area contributed by atoms with Crippen LogP contribution in [0, 0.1) is 0 Å². The standard InChI is InChI=1S/C12H12BrClN2O2/c1-15-4-5-16(7-11(15)17)12(18)9-3-2-8(14)6-10(9)13/h2-3,6H,4-5,7H2,1H3. The molecule has 6 heteroatoms. The van der Waals surface area contributed by atoms with Crippen molar-refractivity contribution in [3.05, 3.63) is 33.3 Å². The van der Waals surface area contributed by atoms with Crippen LogP contribution in [0.15, 0.2) is 22.7 Å². The molecule has 0 saturated carbocycles. The summed E-state index contributed by atoms with van der Waals surface area (Å²) in [6.07, 6.45) is 0. The van der Waals surface area contributed by atoms with Gasteiger partial charge in [-0.1, -0.05) is 11.6 Å². The molecule has 96 valence electrons. The van der Waals surface area contributed by atoms with Gasteiger partial charge in [0.25, 0.3) is 5.91 Å². The Morgan fingerprint density at radius 2 is 2.11 bits per heavy atom. The molecule has 0 radical (unpaired) electrons. The van der Waals surface area contributed by atoms with Crippen LogP contribution in [0.4, 0.5) is 0 Å². The average Bonchev–Trinajstić information content (AvgIpc) is 2.32. The Morgan fingerprint density at radius 1 is 1.39 bits per heavy atom. The smallest absolute Gasteiger partial charge is 0.255 e. The van der Waals surface area contributed by atoms with E-state index < -0.39 is 0 Å². The molecule has 4 nitrogen and oxygen atoms in total. The minimum atomic E-state index is -0.153. The van der Waals surface area contributed by atoms with Gasteiger partial charge in [0.1, 0.15) is 6.54 Å². The molecule has 18 heavy (non-hydrogen) atoms. The minimum absolute atomic E-state index is 0.0420. The zero-order valence-electron chi connectivity index (χ0n) is 9.82. The second kappa shape index (κ2) is 5.28. The summed E-state index contributed by atoms with van der Waals surface area (Å²) in [5.74, 6) is -0.195. The van der Waals surface area contributed by atoms with Gasteiger partial charge in [-0.3, -0.25) is 9.59 Å². The van der Waals surface area contributed by atoms with E-state index in [1.165, 1.54) is 0 Å². The monoisotopic (exact) mass is 330 g/mol. The molecule has 0 N–H and O–H groups in total. The van der Waals surface area contributed by atoms with E-state index in [1.807, 2.05) is 0 Å². The molecule has 1 aromatic carbocycles. The van der Waals surface area contributed by atoms with E-state index in [4.69, 9.17) is 11.6 Å². The molecule has 1 saturated heterocycles. The predicted molar refractivity (Wildman–Crippen MR) is 72.7 cm³/mol. The first-order valence-electron chi connectivity index (χ1n) is 5.47. The van der Waals surface area contributed by atoms with Gasteiger partial charge in [0.15, 0.2) is 0 Å². The van der Waals surface area contributed by atoms with E-state index in [1.54, 1.807) is 35.0 Å². The van der Waals surface area contributed by atoms with Crippen molar-refractivity contribution < 1.29 is 9.59 Å². The van der Waals surface area contributed by atoms with Crippen LogP contribution in [-0.4, -0.2) is 48.3 Å². The van der Waals surface area contributed by atoms with E-state index in [-0.39, 0.29) is 18.4 Å². The molecule has 2 rings (SSSR count). The summed E-state index contributed by atoms with van der Waals surface area (Å²) in [5.41, 5.74) is 0.525. The first-order valence-corrected chi connectivity index (χ1v) is 6.64. The number of halogens is 2. The number of hydrogen-bond acceptors (Lipinski definition) is 2. The normalized spacial score (nSPS) is 16.1. The number of nitrogens with zero attached hydrogens (tertiary/aromatic N) is 2. The Labute approximate surface area is 119 Å². The Hall–Kier alpha value is -1.07. The minimum Gasteiger partial charge on any atom is -0.342 e. The number of piperazine rings is 1. The van der Waals surface area contributed by atoms with E-state index in [2.05, 4.69) is 15.9 Å². The SMILES string of the molecule is CN1CCN(C(=O)c2ccc(Cl)cc2Br)CC1=O. The quantitative estimate of drug-likeness (QED) is 0.790. The van der Waals surface area contributed by atoms with Crippen molar-refractivity contribution in [3.8, 4) is 0 Å². The molecule has 1 heterocycles. The zero-order valence-corrected chi connectivity index (χ0v) is 12.2. The molecule has 0 atom stereocenters. The van der Waals surface area contributed by atoms with E-state index in [0.717, 1.165) is 0 Å². The van der Waals surface area contributed by atoms with Gasteiger partial charge >= 0.3 is 0 Å². The van der Waals surface area contributed by atoms with Gasteiger partial charge in [0.2, 0.25) is 5.91 Å². The second-order valence-corrected chi connectivity index (χ2v) is 5.46. The molecule has 2 amide bonds. The van der Waals surface area contributed by atoms with Crippen LogP contribution >= 0.6 is 27.5 Å². The summed E-state index contributed by atoms with van der Waals surface area (Å²) >= 11 is 9.15. The lowest BCUT2D eigenvalue weighted by Gasteiger charge is -2.32. The van der Waals surface area contributed by atoms with Crippen LogP contribution in [0.1, 0.15) is 10.4 Å². The van der Waals surface area contributed by atoms with Gasteiger partial charge in [-0.05, 0) is 34.1 Å². The van der Waals surface area contributed by atoms with Crippen LogP contribution in [0.3, 0.4) is 0 Å². The van der Waals surface area contributed by atoms with Crippen molar-refractivity contribution in [1.29, 1.82) is 0 Å². The number of carbonyl (C=O) groups excluding carboxylic acids is 2. The molecular formula is C12H12BrClN2O2. The summed E-state index contributed by atoms with van der Waals surface area (Å²) < 4.78 is 0.645. The Balaban J connectivity index is 2.19. The number of rotatable bonds is 1. The molecule has 1 fully saturated rings. The maximum Gasteiger partial charge on any atom is 0.255 e. The third-order valence-electron chi connectivity index (χ3n) is 2.91. The lowest BCUT2D eigenvalue weighted by atomic mass is 10.2. The number of amides is 2. The molecule has 1 aliphatic heterocycles. The first kappa shape index (κ1) is 13.4. The maximum absolute atomic E-state index is 12.3. The third kappa shape index (κ3) is 2.67. The van der Waals surface area contributed by atoms with Crippen molar-refractivity contribution in [1.82, 2.24) is 9.80 Å². The van der Waals surface area contributed by atoms with Gasteiger partial charge in [-0.2, -0.15) is 0 Å². The summed E-state index contributed by atoms with van der Waals surface area (Å²) in [4.78, 5) is 27.0. The molecule has 1 aromatic rings. The molecule has 0 bridgehead atoms. The lowest BCUT2D eigenvalue weighted by Crippen LogP contribution is -2.50. The van der Waals surface area contributed by atoms with Crippen LogP contribution in [0.2, 0.25) is 5.02 Å². The molecular weight excluding hydrogens is 320 g/mol. The van der Waals surface area contributed by atoms with Crippen LogP contribution in [0.25, 0.3) is 0 Å². The van der Waals surface area contributed by atoms with Gasteiger partial charge in [-0.25, -0.2) is 0 Å². The molecule has 0 spiro atoms. The van der Waals surface area contributed by atoms with Gasteiger partial charge in [0, 0.05) is 29.6 Å². The largest absolute Gasteiger partial charge is 0.342 e. The summed E-state index contributed by atoms with van der Waals surface area (Å²) in [6.45, 7) is 1.25. The van der Waals surface area contributed by atoms with Gasteiger partial charge < -0.3 is 9.80 Å². The van der Waals surface area contributed by atoms with Gasteiger partial charge in [-0.15, -0.1) is 0 Å². The highest BCUT2D eigenvalue weighted by molar-refractivity contribution is 9.10. The molecule has 0 aromatic heterocycles. The van der Waals surface area contributed by atoms with Crippen LogP contribution in [0.5, 0.6) is 0 Å². The topological polar surface area (TPSA) is 40.6 Å². The summed E-state index contributed by atoms with van der Waals surface area (Å²) in [6, 6.07) is 5.00. The van der Waals surface area contributed by atoms with E-state index in [9.17, 15) is 9.59 Å². The van der Waals surface area contributed by atoms with Crippen LogP contribution in [-0.2, 0) is 4.79 Å². The highest BCUT2D eigenvalue weighted by Crippen LogP contribution is 2.23. The number of benzene rings is 1. The number of likely N-dealkylation sites (N-methyl/N-ethyl adjacent to an activating group) is 1. The van der Waals surface area contributed by atoms with Crippen molar-refractivity contribution in [2.24, 2.45) is 0 Å². The Bertz CT molecular complexity index is 507. The Kier molecular flexibility index (Phi) is 3.92. The predicted octanol–water partition coefficient (Wildman–Crippen LogP) is 2.02. The highest BCUT2D eigenvalue weighted by Gasteiger charge is 2.26. The lowest BCUT2D eigenvalue weighted by molar-refractivity contribution is -0.133. The van der Waals surface area contributed by atoms with Crippen molar-refractivity contribution >= 4 is 39.3 Å². The number of hydrogen-bond donors (Lipinski definition) is 0.